The van der Waals surface area contributed by atoms with E-state index in [-0.39, 0.29) is 5.56 Å². The lowest BCUT2D eigenvalue weighted by Gasteiger charge is -2.26. The first-order valence-corrected chi connectivity index (χ1v) is 8.76. The van der Waals surface area contributed by atoms with Gasteiger partial charge in [0.15, 0.2) is 0 Å². The SMILES string of the molecule is O=C(O)c1cccc(/C=C/c2ccccc2OCCN2CCOCC2)c1. The van der Waals surface area contributed by atoms with Crippen LogP contribution in [-0.4, -0.2) is 55.4 Å². The molecule has 0 spiro atoms. The number of aromatic carboxylic acids is 1. The third kappa shape index (κ3) is 5.18. The van der Waals surface area contributed by atoms with E-state index in [1.807, 2.05) is 42.5 Å². The molecule has 0 aliphatic carbocycles. The average Bonchev–Trinajstić information content (AvgIpc) is 2.68. The van der Waals surface area contributed by atoms with Gasteiger partial charge in [-0.25, -0.2) is 4.79 Å². The Kier molecular flexibility index (Phi) is 6.41. The highest BCUT2D eigenvalue weighted by Gasteiger charge is 2.10. The molecule has 0 unspecified atom stereocenters. The van der Waals surface area contributed by atoms with Crippen molar-refractivity contribution in [1.29, 1.82) is 0 Å². The number of hydrogen-bond acceptors (Lipinski definition) is 4. The predicted molar refractivity (Wildman–Crippen MR) is 102 cm³/mol. The first-order valence-electron chi connectivity index (χ1n) is 8.76. The summed E-state index contributed by atoms with van der Waals surface area (Å²) in [7, 11) is 0. The van der Waals surface area contributed by atoms with Crippen LogP contribution in [0.3, 0.4) is 0 Å². The molecule has 0 aromatic heterocycles. The van der Waals surface area contributed by atoms with Crippen molar-refractivity contribution in [2.24, 2.45) is 0 Å². The van der Waals surface area contributed by atoms with Crippen molar-refractivity contribution in [1.82, 2.24) is 4.90 Å². The van der Waals surface area contributed by atoms with Crippen LogP contribution in [0.4, 0.5) is 0 Å². The van der Waals surface area contributed by atoms with Crippen molar-refractivity contribution in [3.63, 3.8) is 0 Å². The average molecular weight is 353 g/mol. The molecule has 5 heteroatoms. The fourth-order valence-electron chi connectivity index (χ4n) is 2.82. The molecular weight excluding hydrogens is 330 g/mol. The van der Waals surface area contributed by atoms with Crippen LogP contribution >= 0.6 is 0 Å². The van der Waals surface area contributed by atoms with E-state index in [0.717, 1.165) is 49.7 Å². The minimum Gasteiger partial charge on any atom is -0.492 e. The normalized spacial score (nSPS) is 15.2. The van der Waals surface area contributed by atoms with Crippen LogP contribution in [0.15, 0.2) is 48.5 Å². The van der Waals surface area contributed by atoms with Gasteiger partial charge in [-0.3, -0.25) is 4.90 Å². The van der Waals surface area contributed by atoms with Crippen molar-refractivity contribution in [3.05, 3.63) is 65.2 Å². The molecule has 1 aliphatic heterocycles. The monoisotopic (exact) mass is 353 g/mol. The number of carbonyl (C=O) groups is 1. The zero-order chi connectivity index (χ0) is 18.2. The Labute approximate surface area is 153 Å². The van der Waals surface area contributed by atoms with Crippen LogP contribution in [-0.2, 0) is 4.74 Å². The van der Waals surface area contributed by atoms with Crippen molar-refractivity contribution in [2.75, 3.05) is 39.5 Å². The summed E-state index contributed by atoms with van der Waals surface area (Å²) in [6, 6.07) is 14.7. The van der Waals surface area contributed by atoms with E-state index < -0.39 is 5.97 Å². The lowest BCUT2D eigenvalue weighted by Crippen LogP contribution is -2.38. The Bertz CT molecular complexity index is 766. The highest BCUT2D eigenvalue weighted by atomic mass is 16.5. The Morgan fingerprint density at radius 1 is 1.12 bits per heavy atom. The van der Waals surface area contributed by atoms with Gasteiger partial charge in [0, 0.05) is 25.2 Å². The zero-order valence-electron chi connectivity index (χ0n) is 14.6. The molecule has 2 aromatic rings. The van der Waals surface area contributed by atoms with Crippen LogP contribution < -0.4 is 4.74 Å². The summed E-state index contributed by atoms with van der Waals surface area (Å²) in [4.78, 5) is 13.4. The predicted octanol–water partition coefficient (Wildman–Crippen LogP) is 3.27. The van der Waals surface area contributed by atoms with E-state index in [4.69, 9.17) is 14.6 Å². The summed E-state index contributed by atoms with van der Waals surface area (Å²) in [6.07, 6.45) is 3.85. The molecule has 1 saturated heterocycles. The fourth-order valence-corrected chi connectivity index (χ4v) is 2.82. The van der Waals surface area contributed by atoms with E-state index >= 15 is 0 Å². The number of para-hydroxylation sites is 1. The summed E-state index contributed by atoms with van der Waals surface area (Å²) < 4.78 is 11.3. The van der Waals surface area contributed by atoms with Gasteiger partial charge in [-0.15, -0.1) is 0 Å². The largest absolute Gasteiger partial charge is 0.492 e. The summed E-state index contributed by atoms with van der Waals surface area (Å²) in [5.74, 6) is -0.0986. The molecule has 3 rings (SSSR count). The van der Waals surface area contributed by atoms with Crippen molar-refractivity contribution in [2.45, 2.75) is 0 Å². The summed E-state index contributed by atoms with van der Waals surface area (Å²) >= 11 is 0. The molecule has 1 aliphatic rings. The number of ether oxygens (including phenoxy) is 2. The number of nitrogens with zero attached hydrogens (tertiary/aromatic N) is 1. The number of rotatable bonds is 7. The highest BCUT2D eigenvalue weighted by molar-refractivity contribution is 5.88. The molecule has 0 bridgehead atoms. The Hall–Kier alpha value is -2.63. The van der Waals surface area contributed by atoms with E-state index in [1.165, 1.54) is 0 Å². The van der Waals surface area contributed by atoms with Gasteiger partial charge < -0.3 is 14.6 Å². The maximum Gasteiger partial charge on any atom is 0.335 e. The van der Waals surface area contributed by atoms with E-state index in [2.05, 4.69) is 4.90 Å². The Morgan fingerprint density at radius 3 is 2.73 bits per heavy atom. The third-order valence-electron chi connectivity index (χ3n) is 4.28. The molecule has 0 saturated carbocycles. The maximum atomic E-state index is 11.1. The molecule has 1 fully saturated rings. The van der Waals surface area contributed by atoms with Gasteiger partial charge in [0.25, 0.3) is 0 Å². The molecule has 26 heavy (non-hydrogen) atoms. The first-order chi connectivity index (χ1) is 12.7. The number of hydrogen-bond donors (Lipinski definition) is 1. The number of carboxylic acid groups (broad SMARTS) is 1. The van der Waals surface area contributed by atoms with Gasteiger partial charge in [-0.05, 0) is 23.8 Å². The smallest absolute Gasteiger partial charge is 0.335 e. The topological polar surface area (TPSA) is 59.0 Å². The van der Waals surface area contributed by atoms with E-state index in [1.54, 1.807) is 18.2 Å². The Balaban J connectivity index is 1.63. The second-order valence-electron chi connectivity index (χ2n) is 6.10. The van der Waals surface area contributed by atoms with Gasteiger partial charge in [0.05, 0.1) is 18.8 Å². The minimum absolute atomic E-state index is 0.280. The molecule has 0 amide bonds. The summed E-state index contributed by atoms with van der Waals surface area (Å²) in [6.45, 7) is 4.97. The summed E-state index contributed by atoms with van der Waals surface area (Å²) in [5.41, 5.74) is 2.09. The zero-order valence-corrected chi connectivity index (χ0v) is 14.6. The summed E-state index contributed by atoms with van der Waals surface area (Å²) in [5, 5.41) is 9.09. The number of benzene rings is 2. The molecule has 0 atom stereocenters. The van der Waals surface area contributed by atoms with E-state index in [0.29, 0.717) is 6.61 Å². The van der Waals surface area contributed by atoms with Gasteiger partial charge in [0.1, 0.15) is 12.4 Å². The van der Waals surface area contributed by atoms with E-state index in [9.17, 15) is 4.79 Å². The van der Waals surface area contributed by atoms with Crippen molar-refractivity contribution in [3.8, 4) is 5.75 Å². The van der Waals surface area contributed by atoms with Crippen LogP contribution in [0.25, 0.3) is 12.2 Å². The number of morpholine rings is 1. The molecule has 5 nitrogen and oxygen atoms in total. The first kappa shape index (κ1) is 18.2. The molecule has 2 aromatic carbocycles. The molecule has 1 N–H and O–H groups in total. The number of carboxylic acids is 1. The van der Waals surface area contributed by atoms with Crippen molar-refractivity contribution < 1.29 is 19.4 Å². The van der Waals surface area contributed by atoms with Gasteiger partial charge in [-0.1, -0.05) is 42.5 Å². The fraction of sp³-hybridized carbons (Fsp3) is 0.286. The van der Waals surface area contributed by atoms with Gasteiger partial charge in [0.2, 0.25) is 0 Å². The maximum absolute atomic E-state index is 11.1. The molecule has 0 radical (unpaired) electrons. The highest BCUT2D eigenvalue weighted by Crippen LogP contribution is 2.21. The lowest BCUT2D eigenvalue weighted by atomic mass is 10.1. The van der Waals surface area contributed by atoms with Crippen LogP contribution in [0.2, 0.25) is 0 Å². The second-order valence-corrected chi connectivity index (χ2v) is 6.10. The van der Waals surface area contributed by atoms with Gasteiger partial charge >= 0.3 is 5.97 Å². The quantitative estimate of drug-likeness (QED) is 0.774. The minimum atomic E-state index is -0.924. The molecular formula is C21H23NO4. The Morgan fingerprint density at radius 2 is 1.92 bits per heavy atom. The van der Waals surface area contributed by atoms with Crippen molar-refractivity contribution >= 4 is 18.1 Å². The van der Waals surface area contributed by atoms with Crippen LogP contribution in [0.1, 0.15) is 21.5 Å². The van der Waals surface area contributed by atoms with Crippen LogP contribution in [0.5, 0.6) is 5.75 Å². The van der Waals surface area contributed by atoms with Gasteiger partial charge in [-0.2, -0.15) is 0 Å². The lowest BCUT2D eigenvalue weighted by molar-refractivity contribution is 0.0322. The van der Waals surface area contributed by atoms with Crippen LogP contribution in [0, 0.1) is 0 Å². The second kappa shape index (κ2) is 9.17. The molecule has 1 heterocycles. The standard InChI is InChI=1S/C21H23NO4/c23-21(24)19-6-3-4-17(16-19)8-9-18-5-1-2-7-20(18)26-15-12-22-10-13-25-14-11-22/h1-9,16H,10-15H2,(H,23,24)/b9-8+. The molecule has 136 valence electrons. The third-order valence-corrected chi connectivity index (χ3v) is 4.28.